The van der Waals surface area contributed by atoms with E-state index in [1.165, 1.54) is 43.6 Å². The quantitative estimate of drug-likeness (QED) is 0.866. The van der Waals surface area contributed by atoms with Gasteiger partial charge < -0.3 is 15.3 Å². The lowest BCUT2D eigenvalue weighted by Crippen LogP contribution is -2.24. The highest BCUT2D eigenvalue weighted by Gasteiger charge is 2.22. The van der Waals surface area contributed by atoms with Gasteiger partial charge in [-0.1, -0.05) is 18.2 Å². The predicted molar refractivity (Wildman–Crippen MR) is 82.9 cm³/mol. The summed E-state index contributed by atoms with van der Waals surface area (Å²) < 4.78 is 0. The normalized spacial score (nSPS) is 26.4. The molecule has 3 heteroatoms. The third kappa shape index (κ3) is 3.33. The second-order valence-electron chi connectivity index (χ2n) is 6.29. The summed E-state index contributed by atoms with van der Waals surface area (Å²) in [5, 5.41) is 13.2. The molecule has 2 fully saturated rings. The Labute approximate surface area is 122 Å². The maximum absolute atomic E-state index is 9.57. The van der Waals surface area contributed by atoms with Gasteiger partial charge in [0.25, 0.3) is 0 Å². The number of benzene rings is 1. The van der Waals surface area contributed by atoms with E-state index in [0.717, 1.165) is 25.9 Å². The maximum atomic E-state index is 9.57. The first kappa shape index (κ1) is 13.9. The van der Waals surface area contributed by atoms with E-state index in [9.17, 15) is 5.11 Å². The Morgan fingerprint density at radius 1 is 1.15 bits per heavy atom. The van der Waals surface area contributed by atoms with Crippen LogP contribution in [0.25, 0.3) is 0 Å². The molecule has 2 unspecified atom stereocenters. The van der Waals surface area contributed by atoms with E-state index in [2.05, 4.69) is 34.5 Å². The molecule has 1 aliphatic heterocycles. The summed E-state index contributed by atoms with van der Waals surface area (Å²) in [6.07, 6.45) is 5.71. The van der Waals surface area contributed by atoms with Crippen molar-refractivity contribution in [3.63, 3.8) is 0 Å². The number of anilines is 1. The Bertz CT molecular complexity index is 429. The zero-order valence-electron chi connectivity index (χ0n) is 12.2. The van der Waals surface area contributed by atoms with Gasteiger partial charge in [0.2, 0.25) is 0 Å². The van der Waals surface area contributed by atoms with Gasteiger partial charge in [0.1, 0.15) is 0 Å². The van der Waals surface area contributed by atoms with Crippen molar-refractivity contribution in [1.29, 1.82) is 0 Å². The van der Waals surface area contributed by atoms with Crippen molar-refractivity contribution < 1.29 is 5.11 Å². The van der Waals surface area contributed by atoms with Crippen LogP contribution >= 0.6 is 0 Å². The Morgan fingerprint density at radius 2 is 1.95 bits per heavy atom. The second-order valence-corrected chi connectivity index (χ2v) is 6.29. The average molecular weight is 274 g/mol. The van der Waals surface area contributed by atoms with E-state index in [0.29, 0.717) is 5.92 Å². The number of hydrogen-bond donors (Lipinski definition) is 2. The van der Waals surface area contributed by atoms with E-state index in [1.807, 2.05) is 0 Å². The first-order valence-corrected chi connectivity index (χ1v) is 8.04. The van der Waals surface area contributed by atoms with Gasteiger partial charge in [-0.2, -0.15) is 0 Å². The third-order valence-corrected chi connectivity index (χ3v) is 4.70. The van der Waals surface area contributed by atoms with Crippen LogP contribution in [0.3, 0.4) is 0 Å². The summed E-state index contributed by atoms with van der Waals surface area (Å²) in [5.41, 5.74) is 2.82. The molecule has 1 saturated carbocycles. The van der Waals surface area contributed by atoms with Crippen LogP contribution in [0.2, 0.25) is 0 Å². The molecular formula is C17H26N2O. The highest BCUT2D eigenvalue weighted by molar-refractivity contribution is 5.54. The molecule has 1 aromatic rings. The standard InChI is InChI=1S/C17H26N2O/c20-16-8-7-14(11-16)12-18-13-15-5-1-2-6-17(15)19-9-3-4-10-19/h1-2,5-6,14,16,18,20H,3-4,7-13H2. The Balaban J connectivity index is 1.54. The Kier molecular flexibility index (Phi) is 4.58. The SMILES string of the molecule is OC1CCC(CNCc2ccccc2N2CCCC2)C1. The van der Waals surface area contributed by atoms with E-state index < -0.39 is 0 Å². The molecule has 1 aliphatic carbocycles. The van der Waals surface area contributed by atoms with Gasteiger partial charge >= 0.3 is 0 Å². The van der Waals surface area contributed by atoms with Gasteiger partial charge in [0.15, 0.2) is 0 Å². The smallest absolute Gasteiger partial charge is 0.0543 e. The summed E-state index contributed by atoms with van der Waals surface area (Å²) in [5.74, 6) is 0.656. The number of nitrogens with one attached hydrogen (secondary N) is 1. The molecule has 2 aliphatic rings. The van der Waals surface area contributed by atoms with Gasteiger partial charge in [0, 0.05) is 25.3 Å². The molecule has 1 heterocycles. The lowest BCUT2D eigenvalue weighted by molar-refractivity contribution is 0.177. The van der Waals surface area contributed by atoms with Gasteiger partial charge in [0.05, 0.1) is 6.10 Å². The molecule has 1 saturated heterocycles. The summed E-state index contributed by atoms with van der Waals surface area (Å²) in [4.78, 5) is 2.51. The van der Waals surface area contributed by atoms with E-state index in [4.69, 9.17) is 0 Å². The maximum Gasteiger partial charge on any atom is 0.0543 e. The molecule has 2 atom stereocenters. The molecule has 0 amide bonds. The molecule has 110 valence electrons. The molecule has 0 spiro atoms. The van der Waals surface area contributed by atoms with Gasteiger partial charge in [-0.15, -0.1) is 0 Å². The minimum absolute atomic E-state index is 0.0568. The number of para-hydroxylation sites is 1. The zero-order valence-corrected chi connectivity index (χ0v) is 12.2. The van der Waals surface area contributed by atoms with Crippen LogP contribution in [-0.4, -0.2) is 30.8 Å². The van der Waals surface area contributed by atoms with Crippen molar-refractivity contribution in [1.82, 2.24) is 5.32 Å². The van der Waals surface area contributed by atoms with Crippen LogP contribution in [0.15, 0.2) is 24.3 Å². The highest BCUT2D eigenvalue weighted by Crippen LogP contribution is 2.26. The lowest BCUT2D eigenvalue weighted by atomic mass is 10.1. The van der Waals surface area contributed by atoms with Gasteiger partial charge in [-0.3, -0.25) is 0 Å². The average Bonchev–Trinajstić information content (AvgIpc) is 3.11. The molecule has 1 aromatic carbocycles. The number of nitrogens with zero attached hydrogens (tertiary/aromatic N) is 1. The van der Waals surface area contributed by atoms with Crippen molar-refractivity contribution in [2.24, 2.45) is 5.92 Å². The Hall–Kier alpha value is -1.06. The van der Waals surface area contributed by atoms with Crippen molar-refractivity contribution in [3.05, 3.63) is 29.8 Å². The molecule has 3 nitrogen and oxygen atoms in total. The largest absolute Gasteiger partial charge is 0.393 e. The first-order valence-electron chi connectivity index (χ1n) is 8.04. The van der Waals surface area contributed by atoms with E-state index in [-0.39, 0.29) is 6.10 Å². The van der Waals surface area contributed by atoms with Gasteiger partial charge in [-0.05, 0) is 56.2 Å². The molecule has 0 bridgehead atoms. The predicted octanol–water partition coefficient (Wildman–Crippen LogP) is 2.54. The minimum Gasteiger partial charge on any atom is -0.393 e. The number of hydrogen-bond acceptors (Lipinski definition) is 3. The van der Waals surface area contributed by atoms with Crippen LogP contribution in [0.5, 0.6) is 0 Å². The van der Waals surface area contributed by atoms with Crippen molar-refractivity contribution >= 4 is 5.69 Å². The first-order chi connectivity index (χ1) is 9.83. The number of aliphatic hydroxyl groups is 1. The fourth-order valence-corrected chi connectivity index (χ4v) is 3.57. The van der Waals surface area contributed by atoms with Crippen molar-refractivity contribution in [2.75, 3.05) is 24.5 Å². The summed E-state index contributed by atoms with van der Waals surface area (Å²) in [6, 6.07) is 8.77. The number of rotatable bonds is 5. The second kappa shape index (κ2) is 6.59. The molecule has 20 heavy (non-hydrogen) atoms. The van der Waals surface area contributed by atoms with E-state index >= 15 is 0 Å². The molecular weight excluding hydrogens is 248 g/mol. The van der Waals surface area contributed by atoms with Crippen LogP contribution < -0.4 is 10.2 Å². The summed E-state index contributed by atoms with van der Waals surface area (Å²) in [7, 11) is 0. The molecule has 0 radical (unpaired) electrons. The topological polar surface area (TPSA) is 35.5 Å². The fraction of sp³-hybridized carbons (Fsp3) is 0.647. The zero-order chi connectivity index (χ0) is 13.8. The minimum atomic E-state index is -0.0568. The van der Waals surface area contributed by atoms with E-state index in [1.54, 1.807) is 0 Å². The van der Waals surface area contributed by atoms with Crippen LogP contribution in [0.1, 0.15) is 37.7 Å². The highest BCUT2D eigenvalue weighted by atomic mass is 16.3. The van der Waals surface area contributed by atoms with Crippen molar-refractivity contribution in [3.8, 4) is 0 Å². The fourth-order valence-electron chi connectivity index (χ4n) is 3.57. The molecule has 2 N–H and O–H groups in total. The summed E-state index contributed by atoms with van der Waals surface area (Å²) in [6.45, 7) is 4.38. The summed E-state index contributed by atoms with van der Waals surface area (Å²) >= 11 is 0. The lowest BCUT2D eigenvalue weighted by Gasteiger charge is -2.22. The molecule has 3 rings (SSSR count). The monoisotopic (exact) mass is 274 g/mol. The number of aliphatic hydroxyl groups excluding tert-OH is 1. The van der Waals surface area contributed by atoms with Crippen molar-refractivity contribution in [2.45, 2.75) is 44.8 Å². The van der Waals surface area contributed by atoms with Crippen LogP contribution in [0.4, 0.5) is 5.69 Å². The van der Waals surface area contributed by atoms with Gasteiger partial charge in [-0.25, -0.2) is 0 Å². The van der Waals surface area contributed by atoms with Crippen LogP contribution in [-0.2, 0) is 6.54 Å². The van der Waals surface area contributed by atoms with Crippen LogP contribution in [0, 0.1) is 5.92 Å². The molecule has 0 aromatic heterocycles. The Morgan fingerprint density at radius 3 is 2.70 bits per heavy atom. The third-order valence-electron chi connectivity index (χ3n) is 4.70.